The maximum atomic E-state index is 14.5. The van der Waals surface area contributed by atoms with Crippen molar-refractivity contribution in [1.29, 1.82) is 0 Å². The first-order valence-electron chi connectivity index (χ1n) is 15.4. The van der Waals surface area contributed by atoms with E-state index in [1.54, 1.807) is 54.6 Å². The van der Waals surface area contributed by atoms with E-state index in [9.17, 15) is 22.4 Å². The van der Waals surface area contributed by atoms with E-state index in [-0.39, 0.29) is 29.8 Å². The lowest BCUT2D eigenvalue weighted by molar-refractivity contribution is -0.140. The highest BCUT2D eigenvalue weighted by Gasteiger charge is 2.35. The molecular formula is C36H37BrFN3O4S. The van der Waals surface area contributed by atoms with Gasteiger partial charge in [0.1, 0.15) is 18.4 Å². The van der Waals surface area contributed by atoms with Crippen LogP contribution in [-0.4, -0.2) is 43.8 Å². The number of benzene rings is 4. The van der Waals surface area contributed by atoms with Crippen LogP contribution in [0.15, 0.2) is 119 Å². The summed E-state index contributed by atoms with van der Waals surface area (Å²) in [5.41, 5.74) is 1.75. The van der Waals surface area contributed by atoms with E-state index in [2.05, 4.69) is 21.2 Å². The van der Waals surface area contributed by atoms with Gasteiger partial charge in [0, 0.05) is 23.5 Å². The number of hydrogen-bond donors (Lipinski definition) is 1. The minimum Gasteiger partial charge on any atom is -0.352 e. The first-order chi connectivity index (χ1) is 22.2. The van der Waals surface area contributed by atoms with Gasteiger partial charge < -0.3 is 10.2 Å². The number of nitrogens with zero attached hydrogens (tertiary/aromatic N) is 2. The average Bonchev–Trinajstić information content (AvgIpc) is 3.07. The molecule has 0 bridgehead atoms. The summed E-state index contributed by atoms with van der Waals surface area (Å²) in [5.74, 6) is -1.29. The van der Waals surface area contributed by atoms with E-state index in [1.807, 2.05) is 30.3 Å². The van der Waals surface area contributed by atoms with E-state index in [4.69, 9.17) is 0 Å². The first-order valence-corrected chi connectivity index (χ1v) is 17.7. The Kier molecular flexibility index (Phi) is 11.2. The van der Waals surface area contributed by atoms with Crippen LogP contribution in [0.4, 0.5) is 10.1 Å². The molecular weight excluding hydrogens is 669 g/mol. The molecule has 240 valence electrons. The number of sulfonamides is 1. The Balaban J connectivity index is 1.55. The number of rotatable bonds is 12. The number of hydrogen-bond acceptors (Lipinski definition) is 4. The van der Waals surface area contributed by atoms with Crippen LogP contribution in [0.5, 0.6) is 0 Å². The smallest absolute Gasteiger partial charge is 0.264 e. The minimum absolute atomic E-state index is 0.000998. The summed E-state index contributed by atoms with van der Waals surface area (Å²) in [6, 6.07) is 28.9. The normalized spacial score (nSPS) is 14.3. The minimum atomic E-state index is -4.19. The molecule has 1 aliphatic rings. The number of carbonyl (C=O) groups is 2. The number of amides is 2. The van der Waals surface area contributed by atoms with E-state index in [0.717, 1.165) is 42.0 Å². The summed E-state index contributed by atoms with van der Waals surface area (Å²) in [5, 5.41) is 3.19. The van der Waals surface area contributed by atoms with E-state index < -0.39 is 34.3 Å². The van der Waals surface area contributed by atoms with Crippen molar-refractivity contribution in [2.45, 2.75) is 62.0 Å². The van der Waals surface area contributed by atoms with Crippen LogP contribution in [0.25, 0.3) is 0 Å². The third kappa shape index (κ3) is 8.61. The molecule has 46 heavy (non-hydrogen) atoms. The van der Waals surface area contributed by atoms with Crippen molar-refractivity contribution in [1.82, 2.24) is 10.2 Å². The Hall–Kier alpha value is -4.02. The Labute approximate surface area is 278 Å². The van der Waals surface area contributed by atoms with Crippen molar-refractivity contribution in [3.8, 4) is 0 Å². The second-order valence-corrected chi connectivity index (χ2v) is 14.3. The van der Waals surface area contributed by atoms with Gasteiger partial charge in [-0.1, -0.05) is 102 Å². The van der Waals surface area contributed by atoms with Gasteiger partial charge in [-0.25, -0.2) is 12.8 Å². The molecule has 0 aliphatic heterocycles. The molecule has 1 atom stereocenters. The molecule has 1 aliphatic carbocycles. The molecule has 1 saturated carbocycles. The molecule has 0 aromatic heterocycles. The molecule has 7 nitrogen and oxygen atoms in total. The number of anilines is 1. The standard InChI is InChI=1S/C36H37BrFN3O4S/c37-29-13-10-16-32(24-29)41(46(44,45)33-17-8-3-9-18-33)26-35(42)40(25-28-19-21-30(38)22-20-28)34(23-27-11-4-1-5-12-27)36(43)39-31-14-6-2-7-15-31/h1,3-5,8-13,16-22,24,31,34H,2,6-7,14-15,23,25-26H2,(H,39,43)/t34-/m0/s1. The third-order valence-electron chi connectivity index (χ3n) is 8.20. The second kappa shape index (κ2) is 15.5. The summed E-state index contributed by atoms with van der Waals surface area (Å²) in [6.07, 6.45) is 5.10. The van der Waals surface area contributed by atoms with Gasteiger partial charge in [-0.05, 0) is 66.4 Å². The van der Waals surface area contributed by atoms with Gasteiger partial charge in [-0.2, -0.15) is 0 Å². The largest absolute Gasteiger partial charge is 0.352 e. The molecule has 10 heteroatoms. The fraction of sp³-hybridized carbons (Fsp3) is 0.278. The summed E-state index contributed by atoms with van der Waals surface area (Å²) in [4.78, 5) is 30.1. The molecule has 0 unspecified atom stereocenters. The quantitative estimate of drug-likeness (QED) is 0.174. The Morgan fingerprint density at radius 1 is 0.826 bits per heavy atom. The Morgan fingerprint density at radius 3 is 2.13 bits per heavy atom. The second-order valence-electron chi connectivity index (χ2n) is 11.5. The highest BCUT2D eigenvalue weighted by atomic mass is 79.9. The van der Waals surface area contributed by atoms with Gasteiger partial charge >= 0.3 is 0 Å². The Bertz CT molecular complexity index is 1720. The van der Waals surface area contributed by atoms with Crippen LogP contribution in [0.1, 0.15) is 43.2 Å². The molecule has 0 radical (unpaired) electrons. The molecule has 4 aromatic rings. The van der Waals surface area contributed by atoms with Crippen LogP contribution < -0.4 is 9.62 Å². The summed E-state index contributed by atoms with van der Waals surface area (Å²) >= 11 is 3.42. The van der Waals surface area contributed by atoms with Crippen LogP contribution in [0.3, 0.4) is 0 Å². The van der Waals surface area contributed by atoms with E-state index in [1.165, 1.54) is 29.2 Å². The van der Waals surface area contributed by atoms with Crippen molar-refractivity contribution < 1.29 is 22.4 Å². The lowest BCUT2D eigenvalue weighted by Crippen LogP contribution is -2.55. The van der Waals surface area contributed by atoms with Gasteiger partial charge in [-0.15, -0.1) is 0 Å². The maximum absolute atomic E-state index is 14.5. The predicted molar refractivity (Wildman–Crippen MR) is 181 cm³/mol. The average molecular weight is 707 g/mol. The predicted octanol–water partition coefficient (Wildman–Crippen LogP) is 6.87. The van der Waals surface area contributed by atoms with Gasteiger partial charge in [0.25, 0.3) is 10.0 Å². The first kappa shape index (κ1) is 33.3. The highest BCUT2D eigenvalue weighted by Crippen LogP contribution is 2.27. The molecule has 1 fully saturated rings. The highest BCUT2D eigenvalue weighted by molar-refractivity contribution is 9.10. The summed E-state index contributed by atoms with van der Waals surface area (Å²) < 4.78 is 43.7. The topological polar surface area (TPSA) is 86.8 Å². The molecule has 5 rings (SSSR count). The lowest BCUT2D eigenvalue weighted by Gasteiger charge is -2.35. The van der Waals surface area contributed by atoms with Crippen LogP contribution >= 0.6 is 15.9 Å². The van der Waals surface area contributed by atoms with Crippen molar-refractivity contribution >= 4 is 43.5 Å². The van der Waals surface area contributed by atoms with Gasteiger partial charge in [0.2, 0.25) is 11.8 Å². The van der Waals surface area contributed by atoms with E-state index in [0.29, 0.717) is 15.7 Å². The van der Waals surface area contributed by atoms with Crippen molar-refractivity contribution in [2.75, 3.05) is 10.8 Å². The van der Waals surface area contributed by atoms with Crippen molar-refractivity contribution in [2.24, 2.45) is 0 Å². The molecule has 0 saturated heterocycles. The fourth-order valence-electron chi connectivity index (χ4n) is 5.76. The Morgan fingerprint density at radius 2 is 1.48 bits per heavy atom. The van der Waals surface area contributed by atoms with Crippen LogP contribution in [-0.2, 0) is 32.6 Å². The third-order valence-corrected chi connectivity index (χ3v) is 10.5. The lowest BCUT2D eigenvalue weighted by atomic mass is 9.94. The molecule has 0 spiro atoms. The van der Waals surface area contributed by atoms with Gasteiger partial charge in [0.05, 0.1) is 10.6 Å². The SMILES string of the molecule is O=C(NC1CCCCC1)[C@H](Cc1ccccc1)N(Cc1ccc(F)cc1)C(=O)CN(c1cccc(Br)c1)S(=O)(=O)c1ccccc1. The number of halogens is 2. The number of nitrogens with one attached hydrogen (secondary N) is 1. The number of carbonyl (C=O) groups excluding carboxylic acids is 2. The zero-order valence-electron chi connectivity index (χ0n) is 25.4. The van der Waals surface area contributed by atoms with Gasteiger partial charge in [-0.3, -0.25) is 13.9 Å². The zero-order valence-corrected chi connectivity index (χ0v) is 27.8. The van der Waals surface area contributed by atoms with Crippen molar-refractivity contribution in [3.05, 3.63) is 131 Å². The van der Waals surface area contributed by atoms with Crippen LogP contribution in [0, 0.1) is 5.82 Å². The maximum Gasteiger partial charge on any atom is 0.264 e. The van der Waals surface area contributed by atoms with E-state index >= 15 is 0 Å². The monoisotopic (exact) mass is 705 g/mol. The molecule has 0 heterocycles. The molecule has 2 amide bonds. The summed E-state index contributed by atoms with van der Waals surface area (Å²) in [7, 11) is -4.19. The molecule has 1 N–H and O–H groups in total. The summed E-state index contributed by atoms with van der Waals surface area (Å²) in [6.45, 7) is -0.580. The van der Waals surface area contributed by atoms with Crippen LogP contribution in [0.2, 0.25) is 0 Å². The zero-order chi connectivity index (χ0) is 32.5. The van der Waals surface area contributed by atoms with Gasteiger partial charge in [0.15, 0.2) is 0 Å². The van der Waals surface area contributed by atoms with Crippen molar-refractivity contribution in [3.63, 3.8) is 0 Å². The molecule has 4 aromatic carbocycles. The fourth-order valence-corrected chi connectivity index (χ4v) is 7.58.